The van der Waals surface area contributed by atoms with Gasteiger partial charge in [-0.1, -0.05) is 72.6 Å². The zero-order valence-corrected chi connectivity index (χ0v) is 41.4. The molecule has 0 spiro atoms. The number of hydrogen-bond acceptors (Lipinski definition) is 11. The van der Waals surface area contributed by atoms with E-state index in [0.29, 0.717) is 73.5 Å². The predicted octanol–water partition coefficient (Wildman–Crippen LogP) is 9.80. The quantitative estimate of drug-likeness (QED) is 0.136. The van der Waals surface area contributed by atoms with Crippen LogP contribution in [-0.2, 0) is 19.7 Å². The zero-order valence-electron chi connectivity index (χ0n) is 37.4. The van der Waals surface area contributed by atoms with Crippen LogP contribution in [0, 0.1) is 17.0 Å². The molecule has 4 aromatic heterocycles. The van der Waals surface area contributed by atoms with Crippen LogP contribution < -0.4 is 5.73 Å². The van der Waals surface area contributed by atoms with Gasteiger partial charge in [0.1, 0.15) is 23.0 Å². The predicted molar refractivity (Wildman–Crippen MR) is 269 cm³/mol. The first kappa shape index (κ1) is 51.7. The highest BCUT2D eigenvalue weighted by molar-refractivity contribution is 7.92. The standard InChI is InChI=1S/C25H21ClFN3O3S.C19H11ClFN3O2.C5H11NO2S.ClH/c1-25(10-11-34(32,33)15-25)13-22(31)16-6-8-19-21(12-16)30(23-9-7-17(27)14-28-23)29-24(19)18-4-2-3-5-20(18)26;20-15-4-2-1-3-13(15)18-14-7-5-11(19(25)26)9-16(14)24(23-18)17-8-6-12(21)10-22-17;1-5(6)2-3-9(7,8)4-5;/h2-9,12,14H,10-11,13,15H2,1H3;1-10H,(H,25,26);2-4,6H2,1H3;1H. The van der Waals surface area contributed by atoms with Gasteiger partial charge in [-0.2, -0.15) is 10.2 Å². The van der Waals surface area contributed by atoms with Gasteiger partial charge in [-0.3, -0.25) is 4.79 Å². The number of pyridine rings is 2. The van der Waals surface area contributed by atoms with Crippen LogP contribution in [0.3, 0.4) is 0 Å². The van der Waals surface area contributed by atoms with Crippen molar-refractivity contribution in [3.05, 3.63) is 154 Å². The fraction of sp³-hybridized carbons (Fsp3) is 0.224. The number of Topliss-reactive ketones (excluding diaryl/α,β-unsaturated/α-hetero) is 1. The smallest absolute Gasteiger partial charge is 0.335 e. The lowest BCUT2D eigenvalue weighted by Crippen LogP contribution is -2.36. The minimum absolute atomic E-state index is 0. The molecule has 14 nitrogen and oxygen atoms in total. The van der Waals surface area contributed by atoms with Crippen LogP contribution in [0.2, 0.25) is 10.0 Å². The number of carbonyl (C=O) groups is 2. The average molecular weight is 1050 g/mol. The Labute approximate surface area is 417 Å². The van der Waals surface area contributed by atoms with Gasteiger partial charge < -0.3 is 10.8 Å². The Morgan fingerprint density at radius 3 is 1.51 bits per heavy atom. The van der Waals surface area contributed by atoms with Gasteiger partial charge in [-0.05, 0) is 91.9 Å². The minimum Gasteiger partial charge on any atom is -0.478 e. The van der Waals surface area contributed by atoms with Crippen molar-refractivity contribution in [3.8, 4) is 34.2 Å². The van der Waals surface area contributed by atoms with Crippen molar-refractivity contribution in [2.24, 2.45) is 11.1 Å². The third-order valence-electron chi connectivity index (χ3n) is 11.8. The Kier molecular flexibility index (Phi) is 15.0. The second kappa shape index (κ2) is 20.3. The van der Waals surface area contributed by atoms with Crippen LogP contribution in [0.15, 0.2) is 122 Å². The van der Waals surface area contributed by atoms with Crippen LogP contribution >= 0.6 is 35.6 Å². The Bertz CT molecular complexity index is 3520. The van der Waals surface area contributed by atoms with Gasteiger partial charge in [0, 0.05) is 39.4 Å². The Hall–Kier alpha value is -6.15. The second-order valence-electron chi connectivity index (χ2n) is 17.7. The van der Waals surface area contributed by atoms with Crippen LogP contribution in [0.1, 0.15) is 53.8 Å². The normalized spacial score (nSPS) is 18.8. The van der Waals surface area contributed by atoms with E-state index in [4.69, 9.17) is 34.0 Å². The van der Waals surface area contributed by atoms with Crippen LogP contribution in [-0.4, -0.2) is 91.8 Å². The van der Waals surface area contributed by atoms with E-state index < -0.39 is 48.2 Å². The molecular formula is C49H44Cl3F2N7O7S2. The van der Waals surface area contributed by atoms with E-state index in [1.165, 1.54) is 41.1 Å². The molecule has 2 atom stereocenters. The molecule has 0 radical (unpaired) electrons. The molecule has 0 amide bonds. The van der Waals surface area contributed by atoms with Gasteiger partial charge in [0.25, 0.3) is 0 Å². The van der Waals surface area contributed by atoms with E-state index in [1.807, 2.05) is 49.4 Å². The first-order valence-electron chi connectivity index (χ1n) is 21.4. The molecule has 4 aromatic carbocycles. The first-order chi connectivity index (χ1) is 32.6. The van der Waals surface area contributed by atoms with E-state index in [2.05, 4.69) is 15.1 Å². The number of halogens is 5. The van der Waals surface area contributed by atoms with Crippen molar-refractivity contribution in [2.75, 3.05) is 23.0 Å². The number of rotatable bonds is 8. The largest absolute Gasteiger partial charge is 0.478 e. The van der Waals surface area contributed by atoms with Crippen molar-refractivity contribution >= 4 is 88.8 Å². The molecule has 10 rings (SSSR count). The molecular weight excluding hydrogens is 1010 g/mol. The number of fused-ring (bicyclic) bond motifs is 2. The molecule has 2 unspecified atom stereocenters. The SMILES string of the molecule is CC1(CC(=O)c2ccc3c(-c4ccccc4Cl)nn(-c4ccc(F)cn4)c3c2)CCS(=O)(=O)C1.CC1(N)CCS(=O)(=O)C1.Cl.O=C(O)c1ccc2c(-c3ccccc3Cl)nn(-c3ccc(F)cn3)c2c1. The number of aromatic carboxylic acids is 1. The molecule has 0 saturated carbocycles. The van der Waals surface area contributed by atoms with Gasteiger partial charge >= 0.3 is 5.97 Å². The number of hydrogen-bond donors (Lipinski definition) is 2. The number of ketones is 1. The third kappa shape index (κ3) is 11.5. The molecule has 2 saturated heterocycles. The highest BCUT2D eigenvalue weighted by Crippen LogP contribution is 2.39. The maximum atomic E-state index is 13.5. The van der Waals surface area contributed by atoms with E-state index >= 15 is 0 Å². The maximum Gasteiger partial charge on any atom is 0.335 e. The monoisotopic (exact) mass is 1050 g/mol. The number of carbonyl (C=O) groups excluding carboxylic acids is 1. The van der Waals surface area contributed by atoms with Crippen LogP contribution in [0.25, 0.3) is 56.0 Å². The van der Waals surface area contributed by atoms with Crippen LogP contribution in [0.5, 0.6) is 0 Å². The highest BCUT2D eigenvalue weighted by atomic mass is 35.5. The maximum absolute atomic E-state index is 13.5. The van der Waals surface area contributed by atoms with Crippen molar-refractivity contribution in [1.29, 1.82) is 0 Å². The number of aromatic nitrogens is 6. The van der Waals surface area contributed by atoms with E-state index in [0.717, 1.165) is 23.3 Å². The average Bonchev–Trinajstić information content (AvgIpc) is 4.02. The molecule has 8 aromatic rings. The molecule has 364 valence electrons. The lowest BCUT2D eigenvalue weighted by molar-refractivity contribution is 0.0696. The van der Waals surface area contributed by atoms with E-state index in [1.54, 1.807) is 41.9 Å². The summed E-state index contributed by atoms with van der Waals surface area (Å²) >= 11 is 12.7. The molecule has 21 heteroatoms. The van der Waals surface area contributed by atoms with Gasteiger partial charge in [0.15, 0.2) is 37.1 Å². The van der Waals surface area contributed by atoms with Gasteiger partial charge in [-0.25, -0.2) is 49.7 Å². The summed E-state index contributed by atoms with van der Waals surface area (Å²) in [6, 6.07) is 30.1. The minimum atomic E-state index is -3.11. The lowest BCUT2D eigenvalue weighted by atomic mass is 9.83. The molecule has 3 N–H and O–H groups in total. The topological polar surface area (TPSA) is 210 Å². The lowest BCUT2D eigenvalue weighted by Gasteiger charge is -2.20. The summed E-state index contributed by atoms with van der Waals surface area (Å²) in [6.45, 7) is 3.62. The first-order valence-corrected chi connectivity index (χ1v) is 25.8. The molecule has 6 heterocycles. The molecule has 2 aliphatic heterocycles. The number of sulfone groups is 2. The summed E-state index contributed by atoms with van der Waals surface area (Å²) in [4.78, 5) is 32.7. The molecule has 2 aliphatic rings. The molecule has 0 bridgehead atoms. The Morgan fingerprint density at radius 2 is 1.13 bits per heavy atom. The van der Waals surface area contributed by atoms with Gasteiger partial charge in [-0.15, -0.1) is 12.4 Å². The summed E-state index contributed by atoms with van der Waals surface area (Å²) in [5.74, 6) is -0.820. The summed E-state index contributed by atoms with van der Waals surface area (Å²) in [5, 5.41) is 21.1. The van der Waals surface area contributed by atoms with Crippen LogP contribution in [0.4, 0.5) is 8.78 Å². The Balaban J connectivity index is 0.000000177. The van der Waals surface area contributed by atoms with Crippen molar-refractivity contribution in [2.45, 2.75) is 38.6 Å². The Morgan fingerprint density at radius 1 is 0.671 bits per heavy atom. The number of carboxylic acids is 1. The summed E-state index contributed by atoms with van der Waals surface area (Å²) < 4.78 is 75.2. The third-order valence-corrected chi connectivity index (χ3v) is 16.3. The number of nitrogens with two attached hydrogens (primary N) is 1. The summed E-state index contributed by atoms with van der Waals surface area (Å²) in [5.41, 5.74) is 8.89. The van der Waals surface area contributed by atoms with Crippen molar-refractivity contribution in [1.82, 2.24) is 29.5 Å². The molecule has 0 aliphatic carbocycles. The second-order valence-corrected chi connectivity index (χ2v) is 22.8. The number of benzene rings is 4. The zero-order chi connectivity index (χ0) is 49.5. The number of nitrogens with zero attached hydrogens (tertiary/aromatic N) is 6. The van der Waals surface area contributed by atoms with Crippen molar-refractivity contribution < 1.29 is 40.3 Å². The fourth-order valence-corrected chi connectivity index (χ4v) is 13.1. The summed E-state index contributed by atoms with van der Waals surface area (Å²) in [6.07, 6.45) is 3.40. The van der Waals surface area contributed by atoms with Gasteiger partial charge in [0.05, 0.1) is 62.0 Å². The summed E-state index contributed by atoms with van der Waals surface area (Å²) in [7, 11) is -5.89. The fourth-order valence-electron chi connectivity index (χ4n) is 8.32. The molecule has 2 fully saturated rings. The van der Waals surface area contributed by atoms with Crippen molar-refractivity contribution in [3.63, 3.8) is 0 Å². The van der Waals surface area contributed by atoms with Gasteiger partial charge in [0.2, 0.25) is 0 Å². The van der Waals surface area contributed by atoms with E-state index in [-0.39, 0.29) is 53.2 Å². The molecule has 70 heavy (non-hydrogen) atoms. The van der Waals surface area contributed by atoms with E-state index in [9.17, 15) is 40.3 Å². The highest BCUT2D eigenvalue weighted by Gasteiger charge is 2.40. The number of carboxylic acid groups (broad SMARTS) is 1.